The van der Waals surface area contributed by atoms with Crippen LogP contribution in [0, 0.1) is 0 Å². The maximum atomic E-state index is 6.18. The number of hydrogen-bond donors (Lipinski definition) is 1. The van der Waals surface area contributed by atoms with Gasteiger partial charge in [0.25, 0.3) is 0 Å². The largest absolute Gasteiger partial charge is 0.439 e. The summed E-state index contributed by atoms with van der Waals surface area (Å²) in [7, 11) is 0. The van der Waals surface area contributed by atoms with Gasteiger partial charge in [0, 0.05) is 18.7 Å². The first kappa shape index (κ1) is 15.8. The Balaban J connectivity index is 2.18. The minimum atomic E-state index is 0.383. The Morgan fingerprint density at radius 2 is 1.95 bits per heavy atom. The van der Waals surface area contributed by atoms with Crippen molar-refractivity contribution in [3.8, 4) is 11.6 Å². The lowest BCUT2D eigenvalue weighted by Crippen LogP contribution is -2.22. The predicted octanol–water partition coefficient (Wildman–Crippen LogP) is 4.59. The van der Waals surface area contributed by atoms with E-state index < -0.39 is 0 Å². The second-order valence-electron chi connectivity index (χ2n) is 5.18. The molecule has 1 N–H and O–H groups in total. The number of nitrogens with one attached hydrogen (secondary N) is 1. The number of para-hydroxylation sites is 1. The van der Waals surface area contributed by atoms with Crippen LogP contribution in [0.4, 0.5) is 0 Å². The van der Waals surface area contributed by atoms with Crippen LogP contribution < -0.4 is 10.1 Å². The SMILES string of the molecule is CCc1ccccc1Oc1ccc(Cl)c(CNC(C)C)n1. The molecular weight excluding hydrogens is 284 g/mol. The summed E-state index contributed by atoms with van der Waals surface area (Å²) in [6.45, 7) is 6.91. The monoisotopic (exact) mass is 304 g/mol. The van der Waals surface area contributed by atoms with Crippen molar-refractivity contribution >= 4 is 11.6 Å². The molecule has 4 heteroatoms. The molecule has 112 valence electrons. The zero-order chi connectivity index (χ0) is 15.2. The van der Waals surface area contributed by atoms with Gasteiger partial charge in [-0.15, -0.1) is 0 Å². The molecule has 1 aromatic carbocycles. The standard InChI is InChI=1S/C17H21ClN2O/c1-4-13-7-5-6-8-16(13)21-17-10-9-14(18)15(20-17)11-19-12(2)3/h5-10,12,19H,4,11H2,1-3H3. The van der Waals surface area contributed by atoms with E-state index in [1.165, 1.54) is 0 Å². The normalized spacial score (nSPS) is 10.9. The molecule has 0 aliphatic heterocycles. The van der Waals surface area contributed by atoms with Crippen molar-refractivity contribution < 1.29 is 4.74 Å². The third-order valence-electron chi connectivity index (χ3n) is 3.14. The Kier molecular flexibility index (Phi) is 5.59. The highest BCUT2D eigenvalue weighted by atomic mass is 35.5. The minimum absolute atomic E-state index is 0.383. The molecule has 0 aliphatic rings. The van der Waals surface area contributed by atoms with Crippen molar-refractivity contribution in [1.29, 1.82) is 0 Å². The topological polar surface area (TPSA) is 34.1 Å². The zero-order valence-corrected chi connectivity index (χ0v) is 13.4. The van der Waals surface area contributed by atoms with Crippen molar-refractivity contribution in [3.63, 3.8) is 0 Å². The van der Waals surface area contributed by atoms with E-state index in [1.54, 1.807) is 6.07 Å². The summed E-state index contributed by atoms with van der Waals surface area (Å²) < 4.78 is 5.91. The average Bonchev–Trinajstić information content (AvgIpc) is 2.48. The minimum Gasteiger partial charge on any atom is -0.439 e. The lowest BCUT2D eigenvalue weighted by Gasteiger charge is -2.12. The molecule has 1 heterocycles. The van der Waals surface area contributed by atoms with E-state index in [0.717, 1.165) is 23.4 Å². The molecule has 0 bridgehead atoms. The van der Waals surface area contributed by atoms with E-state index in [0.29, 0.717) is 23.5 Å². The summed E-state index contributed by atoms with van der Waals surface area (Å²) in [5.74, 6) is 1.42. The fraction of sp³-hybridized carbons (Fsp3) is 0.353. The first-order chi connectivity index (χ1) is 10.1. The van der Waals surface area contributed by atoms with Crippen LogP contribution in [0.1, 0.15) is 32.0 Å². The summed E-state index contributed by atoms with van der Waals surface area (Å²) in [5, 5.41) is 3.97. The molecule has 0 atom stereocenters. The number of hydrogen-bond acceptors (Lipinski definition) is 3. The van der Waals surface area contributed by atoms with Gasteiger partial charge in [0.15, 0.2) is 0 Å². The van der Waals surface area contributed by atoms with Gasteiger partial charge in [0.2, 0.25) is 5.88 Å². The van der Waals surface area contributed by atoms with E-state index >= 15 is 0 Å². The fourth-order valence-electron chi connectivity index (χ4n) is 1.95. The first-order valence-electron chi connectivity index (χ1n) is 7.24. The Morgan fingerprint density at radius 1 is 1.19 bits per heavy atom. The van der Waals surface area contributed by atoms with Crippen LogP contribution >= 0.6 is 11.6 Å². The number of nitrogens with zero attached hydrogens (tertiary/aromatic N) is 1. The summed E-state index contributed by atoms with van der Waals surface area (Å²) in [6, 6.07) is 12.0. The number of rotatable bonds is 6. The highest BCUT2D eigenvalue weighted by molar-refractivity contribution is 6.31. The smallest absolute Gasteiger partial charge is 0.219 e. The van der Waals surface area contributed by atoms with Gasteiger partial charge in [-0.1, -0.05) is 50.6 Å². The summed E-state index contributed by atoms with van der Waals surface area (Å²) >= 11 is 6.18. The summed E-state index contributed by atoms with van der Waals surface area (Å²) in [5.41, 5.74) is 1.97. The van der Waals surface area contributed by atoms with E-state index in [4.69, 9.17) is 16.3 Å². The van der Waals surface area contributed by atoms with Gasteiger partial charge in [-0.25, -0.2) is 4.98 Å². The lowest BCUT2D eigenvalue weighted by molar-refractivity contribution is 0.453. The number of ether oxygens (including phenoxy) is 1. The maximum Gasteiger partial charge on any atom is 0.219 e. The van der Waals surface area contributed by atoms with E-state index in [9.17, 15) is 0 Å². The van der Waals surface area contributed by atoms with Crippen molar-refractivity contribution in [2.75, 3.05) is 0 Å². The number of aromatic nitrogens is 1. The third-order valence-corrected chi connectivity index (χ3v) is 3.48. The van der Waals surface area contributed by atoms with Gasteiger partial charge >= 0.3 is 0 Å². The molecule has 0 saturated carbocycles. The zero-order valence-electron chi connectivity index (χ0n) is 12.7. The first-order valence-corrected chi connectivity index (χ1v) is 7.62. The molecule has 0 spiro atoms. The fourth-order valence-corrected chi connectivity index (χ4v) is 2.13. The van der Waals surface area contributed by atoms with Crippen LogP contribution in [0.15, 0.2) is 36.4 Å². The van der Waals surface area contributed by atoms with Crippen LogP contribution in [0.25, 0.3) is 0 Å². The van der Waals surface area contributed by atoms with Crippen molar-refractivity contribution in [2.24, 2.45) is 0 Å². The molecule has 0 radical (unpaired) electrons. The predicted molar refractivity (Wildman–Crippen MR) is 87.1 cm³/mol. The summed E-state index contributed by atoms with van der Waals surface area (Å²) in [6.07, 6.45) is 0.922. The molecule has 1 aromatic heterocycles. The third kappa shape index (κ3) is 4.45. The van der Waals surface area contributed by atoms with Gasteiger partial charge in [0.05, 0.1) is 10.7 Å². The Bertz CT molecular complexity index is 599. The second-order valence-corrected chi connectivity index (χ2v) is 5.58. The van der Waals surface area contributed by atoms with Gasteiger partial charge in [-0.2, -0.15) is 0 Å². The van der Waals surface area contributed by atoms with Gasteiger partial charge in [-0.3, -0.25) is 0 Å². The molecule has 0 amide bonds. The number of pyridine rings is 1. The number of benzene rings is 1. The average molecular weight is 305 g/mol. The molecule has 0 unspecified atom stereocenters. The highest BCUT2D eigenvalue weighted by Crippen LogP contribution is 2.26. The van der Waals surface area contributed by atoms with E-state index in [-0.39, 0.29) is 0 Å². The van der Waals surface area contributed by atoms with Crippen LogP contribution in [-0.4, -0.2) is 11.0 Å². The molecule has 2 rings (SSSR count). The van der Waals surface area contributed by atoms with E-state index in [1.807, 2.05) is 24.3 Å². The number of aryl methyl sites for hydroxylation is 1. The lowest BCUT2D eigenvalue weighted by atomic mass is 10.1. The van der Waals surface area contributed by atoms with E-state index in [2.05, 4.69) is 37.1 Å². The Hall–Kier alpha value is -1.58. The number of halogens is 1. The summed E-state index contributed by atoms with van der Waals surface area (Å²) in [4.78, 5) is 4.50. The van der Waals surface area contributed by atoms with Crippen molar-refractivity contribution in [3.05, 3.63) is 52.7 Å². The maximum absolute atomic E-state index is 6.18. The van der Waals surface area contributed by atoms with Crippen LogP contribution in [-0.2, 0) is 13.0 Å². The molecule has 3 nitrogen and oxygen atoms in total. The molecule has 21 heavy (non-hydrogen) atoms. The van der Waals surface area contributed by atoms with Gasteiger partial charge < -0.3 is 10.1 Å². The molecule has 0 saturated heterocycles. The quantitative estimate of drug-likeness (QED) is 0.847. The molecule has 0 aliphatic carbocycles. The molecular formula is C17H21ClN2O. The van der Waals surface area contributed by atoms with Crippen LogP contribution in [0.3, 0.4) is 0 Å². The molecule has 0 fully saturated rings. The van der Waals surface area contributed by atoms with Gasteiger partial charge in [0.1, 0.15) is 5.75 Å². The Morgan fingerprint density at radius 3 is 2.67 bits per heavy atom. The second kappa shape index (κ2) is 7.43. The molecule has 2 aromatic rings. The van der Waals surface area contributed by atoms with Crippen molar-refractivity contribution in [1.82, 2.24) is 10.3 Å². The van der Waals surface area contributed by atoms with Crippen LogP contribution in [0.2, 0.25) is 5.02 Å². The Labute approximate surface area is 131 Å². The van der Waals surface area contributed by atoms with Crippen LogP contribution in [0.5, 0.6) is 11.6 Å². The highest BCUT2D eigenvalue weighted by Gasteiger charge is 2.08. The van der Waals surface area contributed by atoms with Gasteiger partial charge in [-0.05, 0) is 24.1 Å². The van der Waals surface area contributed by atoms with Crippen molar-refractivity contribution in [2.45, 2.75) is 39.8 Å².